The predicted molar refractivity (Wildman–Crippen MR) is 164 cm³/mol. The van der Waals surface area contributed by atoms with E-state index in [1.807, 2.05) is 31.2 Å². The highest BCUT2D eigenvalue weighted by molar-refractivity contribution is 6.16. The Labute approximate surface area is 267 Å². The van der Waals surface area contributed by atoms with Crippen molar-refractivity contribution in [2.24, 2.45) is 0 Å². The van der Waals surface area contributed by atoms with Crippen molar-refractivity contribution >= 4 is 41.4 Å². The van der Waals surface area contributed by atoms with E-state index in [1.54, 1.807) is 18.2 Å². The SMILES string of the molecule is Cc1cc(C2=CCC(c3ccc(OC(=O)c4ccc5c(c4)C(=O)OC5=O)cc3)CC2)ccc1OC(=O)c1ccc2c(c1)C(=O)OC2=O. The van der Waals surface area contributed by atoms with Gasteiger partial charge in [0.1, 0.15) is 11.5 Å². The molecule has 1 atom stereocenters. The van der Waals surface area contributed by atoms with E-state index in [0.29, 0.717) is 11.5 Å². The summed E-state index contributed by atoms with van der Waals surface area (Å²) in [5.41, 5.74) is 4.71. The molecule has 0 bridgehead atoms. The van der Waals surface area contributed by atoms with Crippen LogP contribution >= 0.6 is 0 Å². The Balaban J connectivity index is 0.966. The molecule has 1 unspecified atom stereocenters. The zero-order valence-electron chi connectivity index (χ0n) is 24.9. The molecular formula is C37H24O10. The van der Waals surface area contributed by atoms with Gasteiger partial charge in [-0.15, -0.1) is 0 Å². The fourth-order valence-corrected chi connectivity index (χ4v) is 5.92. The highest BCUT2D eigenvalue weighted by Crippen LogP contribution is 2.37. The van der Waals surface area contributed by atoms with Crippen molar-refractivity contribution in [3.63, 3.8) is 0 Å². The number of fused-ring (bicyclic) bond motifs is 2. The number of esters is 6. The van der Waals surface area contributed by atoms with Crippen molar-refractivity contribution in [1.29, 1.82) is 0 Å². The Morgan fingerprint density at radius 2 is 1.23 bits per heavy atom. The molecule has 232 valence electrons. The average molecular weight is 629 g/mol. The topological polar surface area (TPSA) is 139 Å². The molecule has 4 aromatic carbocycles. The van der Waals surface area contributed by atoms with Gasteiger partial charge >= 0.3 is 35.8 Å². The monoisotopic (exact) mass is 628 g/mol. The Morgan fingerprint density at radius 1 is 0.660 bits per heavy atom. The highest BCUT2D eigenvalue weighted by atomic mass is 16.6. The fraction of sp³-hybridized carbons (Fsp3) is 0.135. The number of ether oxygens (including phenoxy) is 4. The zero-order chi connectivity index (χ0) is 32.8. The maximum Gasteiger partial charge on any atom is 0.346 e. The van der Waals surface area contributed by atoms with Crippen molar-refractivity contribution in [2.45, 2.75) is 32.1 Å². The van der Waals surface area contributed by atoms with Crippen LogP contribution in [0.5, 0.6) is 11.5 Å². The largest absolute Gasteiger partial charge is 0.423 e. The van der Waals surface area contributed by atoms with E-state index in [0.717, 1.165) is 36.0 Å². The molecule has 3 aliphatic rings. The molecule has 0 N–H and O–H groups in total. The molecule has 2 aliphatic heterocycles. The molecule has 0 fully saturated rings. The first-order valence-electron chi connectivity index (χ1n) is 14.8. The van der Waals surface area contributed by atoms with E-state index in [2.05, 4.69) is 15.5 Å². The van der Waals surface area contributed by atoms with Gasteiger partial charge in [-0.05, 0) is 115 Å². The molecule has 4 aromatic rings. The third-order valence-electron chi connectivity index (χ3n) is 8.48. The molecule has 0 saturated carbocycles. The van der Waals surface area contributed by atoms with Crippen LogP contribution in [0.4, 0.5) is 0 Å². The maximum absolute atomic E-state index is 12.8. The second-order valence-corrected chi connectivity index (χ2v) is 11.4. The molecule has 1 aliphatic carbocycles. The first-order chi connectivity index (χ1) is 22.6. The van der Waals surface area contributed by atoms with Crippen molar-refractivity contribution in [3.05, 3.63) is 135 Å². The number of carbonyl (C=O) groups is 6. The van der Waals surface area contributed by atoms with Crippen LogP contribution in [0.15, 0.2) is 84.9 Å². The van der Waals surface area contributed by atoms with Gasteiger partial charge < -0.3 is 18.9 Å². The quantitative estimate of drug-likeness (QED) is 0.134. The fourth-order valence-electron chi connectivity index (χ4n) is 5.92. The highest BCUT2D eigenvalue weighted by Gasteiger charge is 2.32. The summed E-state index contributed by atoms with van der Waals surface area (Å²) in [4.78, 5) is 72.4. The van der Waals surface area contributed by atoms with Gasteiger partial charge in [0, 0.05) is 0 Å². The van der Waals surface area contributed by atoms with E-state index >= 15 is 0 Å². The Hall–Kier alpha value is -6.16. The lowest BCUT2D eigenvalue weighted by atomic mass is 9.82. The van der Waals surface area contributed by atoms with Crippen molar-refractivity contribution in [1.82, 2.24) is 0 Å². The standard InChI is InChI=1S/C37H24O10/c1-19-16-23(10-15-31(19)45-33(39)25-9-14-28-30(18-25)37(43)47-35(28)41)22-4-2-20(3-5-22)21-6-11-26(12-7-21)44-32(38)24-8-13-27-29(17-24)36(42)46-34(27)40/h4,6-18,20H,2-3,5H2,1H3. The first-order valence-corrected chi connectivity index (χ1v) is 14.8. The minimum Gasteiger partial charge on any atom is -0.423 e. The molecular weight excluding hydrogens is 604 g/mol. The maximum atomic E-state index is 12.8. The van der Waals surface area contributed by atoms with E-state index in [9.17, 15) is 28.8 Å². The van der Waals surface area contributed by atoms with Gasteiger partial charge in [0.05, 0.1) is 33.4 Å². The number of hydrogen-bond donors (Lipinski definition) is 0. The van der Waals surface area contributed by atoms with Gasteiger partial charge in [-0.3, -0.25) is 0 Å². The Morgan fingerprint density at radius 3 is 1.79 bits per heavy atom. The third-order valence-corrected chi connectivity index (χ3v) is 8.48. The number of hydrogen-bond acceptors (Lipinski definition) is 10. The van der Waals surface area contributed by atoms with Gasteiger partial charge in [0.25, 0.3) is 0 Å². The minimum atomic E-state index is -0.787. The average Bonchev–Trinajstić information content (AvgIpc) is 3.53. The van der Waals surface area contributed by atoms with Crippen molar-refractivity contribution in [3.8, 4) is 11.5 Å². The summed E-state index contributed by atoms with van der Waals surface area (Å²) in [7, 11) is 0. The summed E-state index contributed by atoms with van der Waals surface area (Å²) >= 11 is 0. The number of cyclic esters (lactones) is 4. The normalized spacial score (nSPS) is 16.5. The van der Waals surface area contributed by atoms with E-state index in [4.69, 9.17) is 9.47 Å². The number of aryl methyl sites for hydroxylation is 1. The van der Waals surface area contributed by atoms with E-state index in [-0.39, 0.29) is 39.3 Å². The van der Waals surface area contributed by atoms with E-state index < -0.39 is 35.8 Å². The first kappa shape index (κ1) is 29.5. The summed E-state index contributed by atoms with van der Waals surface area (Å²) in [6.45, 7) is 1.85. The van der Waals surface area contributed by atoms with Crippen molar-refractivity contribution in [2.75, 3.05) is 0 Å². The molecule has 0 amide bonds. The molecule has 0 saturated heterocycles. The molecule has 2 heterocycles. The van der Waals surface area contributed by atoms with Crippen LogP contribution in [-0.4, -0.2) is 35.8 Å². The smallest absolute Gasteiger partial charge is 0.346 e. The van der Waals surface area contributed by atoms with E-state index in [1.165, 1.54) is 42.0 Å². The van der Waals surface area contributed by atoms with Crippen LogP contribution in [0.25, 0.3) is 5.57 Å². The number of carbonyl (C=O) groups excluding carboxylic acids is 6. The van der Waals surface area contributed by atoms with Gasteiger partial charge in [-0.2, -0.15) is 0 Å². The second kappa shape index (κ2) is 11.6. The number of allylic oxidation sites excluding steroid dienone is 2. The van der Waals surface area contributed by atoms with Gasteiger partial charge in [0.15, 0.2) is 0 Å². The molecule has 10 nitrogen and oxygen atoms in total. The van der Waals surface area contributed by atoms with Crippen LogP contribution in [0.2, 0.25) is 0 Å². The second-order valence-electron chi connectivity index (χ2n) is 11.4. The van der Waals surface area contributed by atoms with Crippen LogP contribution in [0.1, 0.15) is 104 Å². The lowest BCUT2D eigenvalue weighted by Gasteiger charge is -2.23. The van der Waals surface area contributed by atoms with Crippen LogP contribution < -0.4 is 9.47 Å². The Bertz CT molecular complexity index is 2090. The molecule has 0 radical (unpaired) electrons. The minimum absolute atomic E-state index is 0.0419. The van der Waals surface area contributed by atoms with Crippen LogP contribution in [0.3, 0.4) is 0 Å². The molecule has 0 aromatic heterocycles. The van der Waals surface area contributed by atoms with Crippen LogP contribution in [-0.2, 0) is 9.47 Å². The summed E-state index contributed by atoms with van der Waals surface area (Å²) in [6.07, 6.45) is 4.77. The lowest BCUT2D eigenvalue weighted by molar-refractivity contribution is 0.0425. The van der Waals surface area contributed by atoms with Crippen molar-refractivity contribution < 1.29 is 47.7 Å². The number of rotatable bonds is 6. The molecule has 0 spiro atoms. The third kappa shape index (κ3) is 5.61. The van der Waals surface area contributed by atoms with Gasteiger partial charge in [0.2, 0.25) is 0 Å². The lowest BCUT2D eigenvalue weighted by Crippen LogP contribution is -2.11. The predicted octanol–water partition coefficient (Wildman–Crippen LogP) is 6.41. The zero-order valence-corrected chi connectivity index (χ0v) is 24.9. The van der Waals surface area contributed by atoms with Crippen LogP contribution in [0, 0.1) is 6.92 Å². The van der Waals surface area contributed by atoms with Gasteiger partial charge in [-0.1, -0.05) is 24.3 Å². The van der Waals surface area contributed by atoms with Gasteiger partial charge in [-0.25, -0.2) is 28.8 Å². The molecule has 47 heavy (non-hydrogen) atoms. The summed E-state index contributed by atoms with van der Waals surface area (Å²) in [5.74, 6) is -3.31. The summed E-state index contributed by atoms with van der Waals surface area (Å²) in [5, 5.41) is 0. The Kier molecular flexibility index (Phi) is 7.32. The molecule has 10 heteroatoms. The number of benzene rings is 4. The summed E-state index contributed by atoms with van der Waals surface area (Å²) < 4.78 is 20.2. The molecule has 7 rings (SSSR count). The summed E-state index contributed by atoms with van der Waals surface area (Å²) in [6, 6.07) is 21.1.